The number of hydrogen-bond donors (Lipinski definition) is 1. The number of urea groups is 1. The highest BCUT2D eigenvalue weighted by Crippen LogP contribution is 2.19. The number of likely N-dealkylation sites (N-methyl/N-ethyl adjacent to an activating group) is 1. The van der Waals surface area contributed by atoms with Crippen LogP contribution in [0.3, 0.4) is 0 Å². The van der Waals surface area contributed by atoms with Crippen molar-refractivity contribution in [1.82, 2.24) is 9.80 Å². The Bertz CT molecular complexity index is 323. The highest BCUT2D eigenvalue weighted by atomic mass is 16.5. The van der Waals surface area contributed by atoms with Crippen LogP contribution in [0.1, 0.15) is 6.42 Å². The number of nitrogens with zero attached hydrogens (tertiary/aromatic N) is 2. The van der Waals surface area contributed by atoms with Crippen molar-refractivity contribution in [3.05, 3.63) is 0 Å². The van der Waals surface area contributed by atoms with Gasteiger partial charge in [0.25, 0.3) is 0 Å². The average molecular weight is 274 g/mol. The Morgan fingerprint density at radius 2 is 2.05 bits per heavy atom. The summed E-state index contributed by atoms with van der Waals surface area (Å²) in [5.74, 6) is -1.58. The number of carboxylic acids is 1. The van der Waals surface area contributed by atoms with Gasteiger partial charge >= 0.3 is 12.0 Å². The van der Waals surface area contributed by atoms with Gasteiger partial charge in [-0.25, -0.2) is 4.79 Å². The summed E-state index contributed by atoms with van der Waals surface area (Å²) in [6.45, 7) is 1.59. The van der Waals surface area contributed by atoms with E-state index in [1.54, 1.807) is 26.1 Å². The lowest BCUT2D eigenvalue weighted by Crippen LogP contribution is -2.49. The topological polar surface area (TPSA) is 79.3 Å². The quantitative estimate of drug-likeness (QED) is 0.695. The lowest BCUT2D eigenvalue weighted by Gasteiger charge is -2.30. The van der Waals surface area contributed by atoms with E-state index >= 15 is 0 Å². The number of carbonyl (C=O) groups excluding carboxylic acids is 1. The second-order valence-electron chi connectivity index (χ2n) is 4.71. The van der Waals surface area contributed by atoms with Crippen LogP contribution >= 0.6 is 0 Å². The zero-order valence-electron chi connectivity index (χ0n) is 11.7. The summed E-state index contributed by atoms with van der Waals surface area (Å²) < 4.78 is 10.1. The lowest BCUT2D eigenvalue weighted by molar-refractivity contribution is -0.142. The van der Waals surface area contributed by atoms with E-state index in [0.29, 0.717) is 13.2 Å². The number of ether oxygens (including phenoxy) is 2. The highest BCUT2D eigenvalue weighted by Gasteiger charge is 2.39. The Morgan fingerprint density at radius 3 is 2.63 bits per heavy atom. The first-order valence-electron chi connectivity index (χ1n) is 6.26. The monoisotopic (exact) mass is 274 g/mol. The summed E-state index contributed by atoms with van der Waals surface area (Å²) in [7, 11) is 4.92. The zero-order chi connectivity index (χ0) is 14.4. The van der Waals surface area contributed by atoms with Crippen molar-refractivity contribution in [2.75, 3.05) is 47.6 Å². The maximum atomic E-state index is 12.2. The highest BCUT2D eigenvalue weighted by molar-refractivity contribution is 5.77. The number of aliphatic carboxylic acids is 1. The van der Waals surface area contributed by atoms with Gasteiger partial charge in [0.2, 0.25) is 0 Å². The van der Waals surface area contributed by atoms with Gasteiger partial charge in [-0.15, -0.1) is 0 Å². The fourth-order valence-corrected chi connectivity index (χ4v) is 2.11. The van der Waals surface area contributed by atoms with Crippen LogP contribution in [0.2, 0.25) is 0 Å². The standard InChI is InChI=1S/C12H22N2O5/c1-13(5-4-6-18-3)12(17)14(2)10-8-19-7-9(10)11(15)16/h9-10H,4-8H2,1-3H3,(H,15,16). The average Bonchev–Trinajstić information content (AvgIpc) is 2.86. The second-order valence-corrected chi connectivity index (χ2v) is 4.71. The van der Waals surface area contributed by atoms with E-state index in [-0.39, 0.29) is 19.2 Å². The minimum atomic E-state index is -0.927. The van der Waals surface area contributed by atoms with E-state index in [1.807, 2.05) is 0 Å². The summed E-state index contributed by atoms with van der Waals surface area (Å²) in [6.07, 6.45) is 0.746. The fourth-order valence-electron chi connectivity index (χ4n) is 2.11. The Balaban J connectivity index is 2.53. The van der Waals surface area contributed by atoms with Crippen LogP contribution in [0.25, 0.3) is 0 Å². The molecule has 1 fully saturated rings. The number of carbonyl (C=O) groups is 2. The molecule has 1 N–H and O–H groups in total. The van der Waals surface area contributed by atoms with Gasteiger partial charge in [-0.1, -0.05) is 0 Å². The smallest absolute Gasteiger partial charge is 0.319 e. The van der Waals surface area contributed by atoms with Gasteiger partial charge in [-0.2, -0.15) is 0 Å². The summed E-state index contributed by atoms with van der Waals surface area (Å²) in [5, 5.41) is 9.08. The molecule has 0 aliphatic carbocycles. The molecule has 110 valence electrons. The zero-order valence-corrected chi connectivity index (χ0v) is 11.7. The van der Waals surface area contributed by atoms with Crippen molar-refractivity contribution in [2.24, 2.45) is 5.92 Å². The van der Waals surface area contributed by atoms with Crippen LogP contribution in [0, 0.1) is 5.92 Å². The van der Waals surface area contributed by atoms with Crippen LogP contribution < -0.4 is 0 Å². The van der Waals surface area contributed by atoms with Gasteiger partial charge in [0, 0.05) is 34.4 Å². The predicted octanol–water partition coefficient (Wildman–Crippen LogP) is 0.106. The first kappa shape index (κ1) is 15.7. The van der Waals surface area contributed by atoms with Gasteiger partial charge in [0.1, 0.15) is 5.92 Å². The Kier molecular flexibility index (Phi) is 6.04. The molecule has 19 heavy (non-hydrogen) atoms. The van der Waals surface area contributed by atoms with Crippen LogP contribution in [0.4, 0.5) is 4.79 Å². The molecule has 7 heteroatoms. The van der Waals surface area contributed by atoms with Gasteiger partial charge in [0.15, 0.2) is 0 Å². The van der Waals surface area contributed by atoms with Crippen LogP contribution in [-0.2, 0) is 14.3 Å². The van der Waals surface area contributed by atoms with E-state index < -0.39 is 17.9 Å². The molecular weight excluding hydrogens is 252 g/mol. The summed E-state index contributed by atoms with van der Waals surface area (Å²) >= 11 is 0. The maximum absolute atomic E-state index is 12.2. The molecule has 1 aliphatic heterocycles. The molecule has 0 aromatic heterocycles. The molecule has 7 nitrogen and oxygen atoms in total. The van der Waals surface area contributed by atoms with Crippen molar-refractivity contribution in [2.45, 2.75) is 12.5 Å². The molecule has 0 aromatic rings. The van der Waals surface area contributed by atoms with Gasteiger partial charge in [-0.3, -0.25) is 4.79 Å². The molecule has 2 atom stereocenters. The molecule has 0 aromatic carbocycles. The third-order valence-electron chi connectivity index (χ3n) is 3.34. The second kappa shape index (κ2) is 7.30. The van der Waals surface area contributed by atoms with E-state index in [2.05, 4.69) is 0 Å². The SMILES string of the molecule is COCCCN(C)C(=O)N(C)C1COCC1C(=O)O. The molecule has 0 radical (unpaired) electrons. The molecule has 0 bridgehead atoms. The number of rotatable bonds is 6. The van der Waals surface area contributed by atoms with Crippen LogP contribution in [-0.4, -0.2) is 80.5 Å². The lowest BCUT2D eigenvalue weighted by atomic mass is 10.0. The van der Waals surface area contributed by atoms with Gasteiger partial charge < -0.3 is 24.4 Å². The molecule has 2 amide bonds. The summed E-state index contributed by atoms with van der Waals surface area (Å²) in [5.41, 5.74) is 0. The third kappa shape index (κ3) is 4.07. The minimum Gasteiger partial charge on any atom is -0.481 e. The fraction of sp³-hybridized carbons (Fsp3) is 0.833. The van der Waals surface area contributed by atoms with Gasteiger partial charge in [-0.05, 0) is 6.42 Å². The first-order valence-corrected chi connectivity index (χ1v) is 6.26. The normalized spacial score (nSPS) is 22.3. The molecule has 0 spiro atoms. The maximum Gasteiger partial charge on any atom is 0.319 e. The Morgan fingerprint density at radius 1 is 1.37 bits per heavy atom. The van der Waals surface area contributed by atoms with E-state index in [9.17, 15) is 9.59 Å². The number of carboxylic acid groups (broad SMARTS) is 1. The molecule has 1 saturated heterocycles. The van der Waals surface area contributed by atoms with E-state index in [1.165, 1.54) is 4.90 Å². The molecule has 1 rings (SSSR count). The number of amides is 2. The summed E-state index contributed by atoms with van der Waals surface area (Å²) in [6, 6.07) is -0.604. The Labute approximate surface area is 113 Å². The van der Waals surface area contributed by atoms with Crippen molar-refractivity contribution < 1.29 is 24.2 Å². The molecule has 1 heterocycles. The van der Waals surface area contributed by atoms with E-state index in [0.717, 1.165) is 6.42 Å². The van der Waals surface area contributed by atoms with Gasteiger partial charge in [0.05, 0.1) is 19.3 Å². The minimum absolute atomic E-state index is 0.158. The summed E-state index contributed by atoms with van der Waals surface area (Å²) in [4.78, 5) is 26.2. The molecule has 1 aliphatic rings. The Hall–Kier alpha value is -1.34. The van der Waals surface area contributed by atoms with Crippen LogP contribution in [0.5, 0.6) is 0 Å². The van der Waals surface area contributed by atoms with Crippen LogP contribution in [0.15, 0.2) is 0 Å². The molecule has 0 saturated carbocycles. The van der Waals surface area contributed by atoms with Crippen molar-refractivity contribution in [3.8, 4) is 0 Å². The number of methoxy groups -OCH3 is 1. The van der Waals surface area contributed by atoms with Crippen molar-refractivity contribution >= 4 is 12.0 Å². The van der Waals surface area contributed by atoms with Crippen molar-refractivity contribution in [1.29, 1.82) is 0 Å². The third-order valence-corrected chi connectivity index (χ3v) is 3.34. The number of hydrogen-bond acceptors (Lipinski definition) is 4. The molecular formula is C12H22N2O5. The first-order chi connectivity index (χ1) is 8.99. The molecule has 2 unspecified atom stereocenters. The van der Waals surface area contributed by atoms with E-state index in [4.69, 9.17) is 14.6 Å². The predicted molar refractivity (Wildman–Crippen MR) is 68.0 cm³/mol. The largest absolute Gasteiger partial charge is 0.481 e. The van der Waals surface area contributed by atoms with Crippen molar-refractivity contribution in [3.63, 3.8) is 0 Å².